The minimum Gasteiger partial charge on any atom is -0.422 e. The zero-order valence-corrected chi connectivity index (χ0v) is 8.25. The summed E-state index contributed by atoms with van der Waals surface area (Å²) in [5.74, 6) is -1.75. The average molecular weight is 222 g/mol. The Hall–Kier alpha value is -1.18. The number of ether oxygens (including phenoxy) is 2. The molecule has 7 nitrogen and oxygen atoms in total. The maximum absolute atomic E-state index is 10.8. The van der Waals surface area contributed by atoms with Crippen LogP contribution in [0.1, 0.15) is 13.3 Å². The van der Waals surface area contributed by atoms with E-state index >= 15 is 0 Å². The van der Waals surface area contributed by atoms with Crippen molar-refractivity contribution in [3.05, 3.63) is 0 Å². The van der Waals surface area contributed by atoms with Gasteiger partial charge in [-0.15, -0.1) is 0 Å². The van der Waals surface area contributed by atoms with Gasteiger partial charge in [0.25, 0.3) is 6.29 Å². The van der Waals surface area contributed by atoms with Crippen LogP contribution in [-0.2, 0) is 19.1 Å². The number of carbonyl (C=O) groups excluding carboxylic acids is 2. The van der Waals surface area contributed by atoms with Gasteiger partial charge in [-0.3, -0.25) is 4.79 Å². The molecule has 0 spiro atoms. The molecule has 0 amide bonds. The first-order valence-electron chi connectivity index (χ1n) is 4.33. The number of rotatable bonds is 6. The van der Waals surface area contributed by atoms with Crippen molar-refractivity contribution in [2.45, 2.75) is 25.7 Å². The number of esters is 2. The third-order valence-electron chi connectivity index (χ3n) is 1.41. The lowest BCUT2D eigenvalue weighted by molar-refractivity contribution is -0.211. The highest BCUT2D eigenvalue weighted by Gasteiger charge is 2.25. The van der Waals surface area contributed by atoms with E-state index in [-0.39, 0.29) is 6.42 Å². The van der Waals surface area contributed by atoms with Crippen LogP contribution in [0, 0.1) is 0 Å². The lowest BCUT2D eigenvalue weighted by atomic mass is 10.3. The summed E-state index contributed by atoms with van der Waals surface area (Å²) in [5.41, 5.74) is 0. The van der Waals surface area contributed by atoms with Crippen LogP contribution >= 0.6 is 0 Å². The van der Waals surface area contributed by atoms with Gasteiger partial charge < -0.3 is 24.8 Å². The first-order chi connectivity index (χ1) is 7.04. The van der Waals surface area contributed by atoms with Gasteiger partial charge in [-0.2, -0.15) is 0 Å². The van der Waals surface area contributed by atoms with Crippen molar-refractivity contribution in [3.63, 3.8) is 0 Å². The normalized spacial score (nSPS) is 14.1. The molecule has 0 aromatic rings. The number of aliphatic hydroxyl groups excluding tert-OH is 3. The molecule has 0 aliphatic rings. The van der Waals surface area contributed by atoms with Crippen molar-refractivity contribution in [2.24, 2.45) is 0 Å². The fourth-order valence-corrected chi connectivity index (χ4v) is 0.647. The quantitative estimate of drug-likeness (QED) is 0.357. The van der Waals surface area contributed by atoms with Crippen LogP contribution in [0.4, 0.5) is 0 Å². The molecular formula is C8H14O7. The smallest absolute Gasteiger partial charge is 0.334 e. The summed E-state index contributed by atoms with van der Waals surface area (Å²) in [4.78, 5) is 21.5. The molecule has 0 aliphatic carbocycles. The van der Waals surface area contributed by atoms with Crippen LogP contribution in [0.2, 0.25) is 0 Å². The van der Waals surface area contributed by atoms with Crippen LogP contribution < -0.4 is 0 Å². The molecule has 0 aliphatic heterocycles. The van der Waals surface area contributed by atoms with Crippen LogP contribution in [-0.4, -0.2) is 52.9 Å². The minimum absolute atomic E-state index is 0.0331. The van der Waals surface area contributed by atoms with Crippen molar-refractivity contribution < 1.29 is 34.4 Å². The molecule has 0 bridgehead atoms. The Balaban J connectivity index is 4.30. The Morgan fingerprint density at radius 1 is 1.20 bits per heavy atom. The van der Waals surface area contributed by atoms with Crippen LogP contribution in [0.15, 0.2) is 0 Å². The summed E-state index contributed by atoms with van der Waals surface area (Å²) in [6, 6.07) is 0. The summed E-state index contributed by atoms with van der Waals surface area (Å²) in [6.07, 6.45) is -3.09. The third kappa shape index (κ3) is 5.31. The maximum Gasteiger partial charge on any atom is 0.334 e. The number of hydrogen-bond acceptors (Lipinski definition) is 7. The molecule has 3 N–H and O–H groups in total. The highest BCUT2D eigenvalue weighted by atomic mass is 16.7. The first kappa shape index (κ1) is 13.8. The van der Waals surface area contributed by atoms with E-state index in [2.05, 4.69) is 9.47 Å². The standard InChI is InChI=1S/C8H14O7/c1-2-6(12)14-8(5(11)3-9)15-7(13)4-10/h5,8-11H,2-4H2,1H3. The molecule has 0 radical (unpaired) electrons. The van der Waals surface area contributed by atoms with E-state index < -0.39 is 37.5 Å². The van der Waals surface area contributed by atoms with Gasteiger partial charge in [-0.05, 0) is 0 Å². The Labute approximate surface area is 86.2 Å². The zero-order chi connectivity index (χ0) is 11.8. The molecule has 0 fully saturated rings. The van der Waals surface area contributed by atoms with E-state index in [0.29, 0.717) is 0 Å². The molecular weight excluding hydrogens is 208 g/mol. The van der Waals surface area contributed by atoms with E-state index in [4.69, 9.17) is 15.3 Å². The fourth-order valence-electron chi connectivity index (χ4n) is 0.647. The first-order valence-corrected chi connectivity index (χ1v) is 4.33. The maximum atomic E-state index is 10.8. The SMILES string of the molecule is CCC(=O)OC(OC(=O)CO)C(O)CO. The van der Waals surface area contributed by atoms with Gasteiger partial charge in [-0.1, -0.05) is 6.92 Å². The summed E-state index contributed by atoms with van der Waals surface area (Å²) >= 11 is 0. The van der Waals surface area contributed by atoms with Gasteiger partial charge in [0.05, 0.1) is 6.61 Å². The van der Waals surface area contributed by atoms with Crippen LogP contribution in [0.25, 0.3) is 0 Å². The second-order valence-corrected chi connectivity index (χ2v) is 2.61. The highest BCUT2D eigenvalue weighted by Crippen LogP contribution is 2.04. The zero-order valence-electron chi connectivity index (χ0n) is 8.25. The summed E-state index contributed by atoms with van der Waals surface area (Å²) < 4.78 is 8.90. The Morgan fingerprint density at radius 3 is 2.13 bits per heavy atom. The molecule has 2 unspecified atom stereocenters. The van der Waals surface area contributed by atoms with Gasteiger partial charge in [0.1, 0.15) is 6.61 Å². The number of aliphatic hydroxyl groups is 3. The van der Waals surface area contributed by atoms with Crippen LogP contribution in [0.3, 0.4) is 0 Å². The van der Waals surface area contributed by atoms with Gasteiger partial charge in [0, 0.05) is 6.42 Å². The van der Waals surface area contributed by atoms with E-state index in [1.807, 2.05) is 0 Å². The van der Waals surface area contributed by atoms with Crippen LogP contribution in [0.5, 0.6) is 0 Å². The average Bonchev–Trinajstić information content (AvgIpc) is 2.26. The van der Waals surface area contributed by atoms with E-state index in [9.17, 15) is 9.59 Å². The Morgan fingerprint density at radius 2 is 1.73 bits per heavy atom. The fraction of sp³-hybridized carbons (Fsp3) is 0.750. The van der Waals surface area contributed by atoms with Crippen molar-refractivity contribution in [2.75, 3.05) is 13.2 Å². The second-order valence-electron chi connectivity index (χ2n) is 2.61. The highest BCUT2D eigenvalue weighted by molar-refractivity contribution is 5.71. The van der Waals surface area contributed by atoms with Crippen molar-refractivity contribution in [3.8, 4) is 0 Å². The largest absolute Gasteiger partial charge is 0.422 e. The second kappa shape index (κ2) is 7.16. The topological polar surface area (TPSA) is 113 Å². The number of hydrogen-bond donors (Lipinski definition) is 3. The molecule has 0 saturated carbocycles. The van der Waals surface area contributed by atoms with Crippen molar-refractivity contribution in [1.82, 2.24) is 0 Å². The van der Waals surface area contributed by atoms with Crippen molar-refractivity contribution in [1.29, 1.82) is 0 Å². The molecule has 7 heteroatoms. The molecule has 2 atom stereocenters. The van der Waals surface area contributed by atoms with Gasteiger partial charge in [0.2, 0.25) is 0 Å². The molecule has 0 aromatic heterocycles. The predicted octanol–water partition coefficient (Wildman–Crippen LogP) is -1.85. The summed E-state index contributed by atoms with van der Waals surface area (Å²) in [7, 11) is 0. The molecule has 0 aromatic carbocycles. The van der Waals surface area contributed by atoms with Gasteiger partial charge >= 0.3 is 11.9 Å². The van der Waals surface area contributed by atoms with E-state index in [0.717, 1.165) is 0 Å². The Kier molecular flexibility index (Phi) is 6.59. The molecule has 0 heterocycles. The summed E-state index contributed by atoms with van der Waals surface area (Å²) in [5, 5.41) is 26.1. The third-order valence-corrected chi connectivity index (χ3v) is 1.41. The molecule has 15 heavy (non-hydrogen) atoms. The van der Waals surface area contributed by atoms with Gasteiger partial charge in [0.15, 0.2) is 6.10 Å². The Bertz CT molecular complexity index is 197. The minimum atomic E-state index is -1.60. The predicted molar refractivity (Wildman–Crippen MR) is 46.4 cm³/mol. The number of carbonyl (C=O) groups is 2. The lowest BCUT2D eigenvalue weighted by Crippen LogP contribution is -2.38. The summed E-state index contributed by atoms with van der Waals surface area (Å²) in [6.45, 7) is -0.128. The monoisotopic (exact) mass is 222 g/mol. The molecule has 88 valence electrons. The van der Waals surface area contributed by atoms with E-state index in [1.54, 1.807) is 0 Å². The van der Waals surface area contributed by atoms with E-state index in [1.165, 1.54) is 6.92 Å². The molecule has 0 saturated heterocycles. The van der Waals surface area contributed by atoms with Gasteiger partial charge in [-0.25, -0.2) is 4.79 Å². The molecule has 0 rings (SSSR count). The van der Waals surface area contributed by atoms with Crippen molar-refractivity contribution >= 4 is 11.9 Å². The lowest BCUT2D eigenvalue weighted by Gasteiger charge is -2.20.